The second-order valence-corrected chi connectivity index (χ2v) is 4.65. The van der Waals surface area contributed by atoms with Crippen LogP contribution in [-0.2, 0) is 6.54 Å². The number of aryl methyl sites for hydroxylation is 1. The molecule has 0 bridgehead atoms. The van der Waals surface area contributed by atoms with Crippen molar-refractivity contribution in [2.24, 2.45) is 5.92 Å². The topological polar surface area (TPSA) is 50.1 Å². The summed E-state index contributed by atoms with van der Waals surface area (Å²) >= 11 is 0. The number of rotatable bonds is 5. The molecule has 94 valence electrons. The van der Waals surface area contributed by atoms with E-state index in [0.717, 1.165) is 24.0 Å². The molecule has 1 aliphatic rings. The highest BCUT2D eigenvalue weighted by Gasteiger charge is 2.11. The molecule has 0 radical (unpaired) electrons. The van der Waals surface area contributed by atoms with Crippen LogP contribution >= 0.6 is 0 Å². The lowest BCUT2D eigenvalue weighted by atomic mass is 9.94. The summed E-state index contributed by atoms with van der Waals surface area (Å²) in [5.74, 6) is 1.74. The molecule has 0 aromatic carbocycles. The van der Waals surface area contributed by atoms with Gasteiger partial charge in [0.2, 0.25) is 0 Å². The number of nitrogens with one attached hydrogen (secondary N) is 1. The van der Waals surface area contributed by atoms with E-state index in [1.807, 2.05) is 17.7 Å². The van der Waals surface area contributed by atoms with E-state index >= 15 is 0 Å². The second-order valence-electron chi connectivity index (χ2n) is 4.65. The van der Waals surface area contributed by atoms with Crippen LogP contribution in [0.1, 0.15) is 25.0 Å². The summed E-state index contributed by atoms with van der Waals surface area (Å²) in [6, 6.07) is 2.04. The minimum absolute atomic E-state index is 0.127. The normalized spacial score (nSPS) is 19.5. The molecule has 0 saturated carbocycles. The van der Waals surface area contributed by atoms with E-state index in [1.165, 1.54) is 19.3 Å². The number of aromatic nitrogens is 2. The zero-order valence-corrected chi connectivity index (χ0v) is 10.4. The van der Waals surface area contributed by atoms with Gasteiger partial charge in [-0.05, 0) is 32.1 Å². The highest BCUT2D eigenvalue weighted by Crippen LogP contribution is 2.19. The first-order chi connectivity index (χ1) is 8.29. The molecule has 4 heteroatoms. The van der Waals surface area contributed by atoms with Crippen LogP contribution in [0.3, 0.4) is 0 Å². The zero-order valence-electron chi connectivity index (χ0n) is 10.4. The van der Waals surface area contributed by atoms with E-state index in [1.54, 1.807) is 0 Å². The Balaban J connectivity index is 1.91. The number of allylic oxidation sites excluding steroid dienone is 2. The van der Waals surface area contributed by atoms with Crippen LogP contribution in [0.5, 0.6) is 0 Å². The van der Waals surface area contributed by atoms with Gasteiger partial charge in [0.1, 0.15) is 5.82 Å². The predicted octanol–water partition coefficient (Wildman–Crippen LogP) is 1.95. The van der Waals surface area contributed by atoms with E-state index in [0.29, 0.717) is 6.54 Å². The summed E-state index contributed by atoms with van der Waals surface area (Å²) in [5, 5.41) is 16.8. The van der Waals surface area contributed by atoms with Gasteiger partial charge in [-0.2, -0.15) is 5.10 Å². The average Bonchev–Trinajstić information content (AvgIpc) is 2.69. The van der Waals surface area contributed by atoms with Gasteiger partial charge in [0.15, 0.2) is 0 Å². The highest BCUT2D eigenvalue weighted by atomic mass is 16.3. The average molecular weight is 235 g/mol. The molecule has 1 heterocycles. The van der Waals surface area contributed by atoms with E-state index in [4.69, 9.17) is 5.11 Å². The van der Waals surface area contributed by atoms with Gasteiger partial charge in [-0.25, -0.2) is 4.68 Å². The Kier molecular flexibility index (Phi) is 4.20. The predicted molar refractivity (Wildman–Crippen MR) is 69.0 cm³/mol. The van der Waals surface area contributed by atoms with Crippen molar-refractivity contribution in [2.45, 2.75) is 32.7 Å². The number of aliphatic hydroxyl groups is 1. The lowest BCUT2D eigenvalue weighted by molar-refractivity contribution is 0.270. The fourth-order valence-electron chi connectivity index (χ4n) is 2.24. The first kappa shape index (κ1) is 12.2. The van der Waals surface area contributed by atoms with Gasteiger partial charge >= 0.3 is 0 Å². The number of hydrogen-bond donors (Lipinski definition) is 2. The van der Waals surface area contributed by atoms with Crippen LogP contribution in [0.4, 0.5) is 5.82 Å². The number of anilines is 1. The Bertz CT molecular complexity index is 384. The molecule has 0 aliphatic heterocycles. The molecule has 1 aromatic rings. The quantitative estimate of drug-likeness (QED) is 0.767. The number of nitrogens with zero attached hydrogens (tertiary/aromatic N) is 2. The number of hydrogen-bond acceptors (Lipinski definition) is 3. The molecule has 4 nitrogen and oxygen atoms in total. The Morgan fingerprint density at radius 1 is 1.53 bits per heavy atom. The fourth-order valence-corrected chi connectivity index (χ4v) is 2.24. The zero-order chi connectivity index (χ0) is 12.1. The maximum absolute atomic E-state index is 8.97. The third kappa shape index (κ3) is 3.33. The van der Waals surface area contributed by atoms with E-state index in [-0.39, 0.29) is 6.61 Å². The summed E-state index contributed by atoms with van der Waals surface area (Å²) < 4.78 is 1.84. The Morgan fingerprint density at radius 2 is 2.41 bits per heavy atom. The molecule has 0 spiro atoms. The van der Waals surface area contributed by atoms with Crippen molar-refractivity contribution in [1.82, 2.24) is 9.78 Å². The maximum atomic E-state index is 8.97. The largest absolute Gasteiger partial charge is 0.394 e. The molecule has 2 rings (SSSR count). The van der Waals surface area contributed by atoms with Gasteiger partial charge in [0.25, 0.3) is 0 Å². The molecule has 1 aromatic heterocycles. The molecule has 0 unspecified atom stereocenters. The van der Waals surface area contributed by atoms with E-state index < -0.39 is 0 Å². The lowest BCUT2D eigenvalue weighted by Gasteiger charge is -2.19. The van der Waals surface area contributed by atoms with E-state index in [9.17, 15) is 0 Å². The third-order valence-corrected chi connectivity index (χ3v) is 3.16. The van der Waals surface area contributed by atoms with Crippen LogP contribution < -0.4 is 5.32 Å². The number of aliphatic hydroxyl groups excluding tert-OH is 1. The summed E-state index contributed by atoms with van der Waals surface area (Å²) in [6.07, 6.45) is 8.15. The van der Waals surface area contributed by atoms with Gasteiger partial charge in [0.05, 0.1) is 18.8 Å². The summed E-state index contributed by atoms with van der Waals surface area (Å²) in [7, 11) is 0. The molecule has 0 fully saturated rings. The van der Waals surface area contributed by atoms with Crippen molar-refractivity contribution in [3.8, 4) is 0 Å². The molecule has 0 saturated heterocycles. The second kappa shape index (κ2) is 5.87. The Labute approximate surface area is 102 Å². The van der Waals surface area contributed by atoms with Crippen molar-refractivity contribution >= 4 is 5.82 Å². The van der Waals surface area contributed by atoms with E-state index in [2.05, 4.69) is 22.6 Å². The van der Waals surface area contributed by atoms with Crippen LogP contribution in [0.25, 0.3) is 0 Å². The minimum Gasteiger partial charge on any atom is -0.394 e. The minimum atomic E-state index is 0.127. The monoisotopic (exact) mass is 235 g/mol. The van der Waals surface area contributed by atoms with Crippen molar-refractivity contribution in [2.75, 3.05) is 18.5 Å². The first-order valence-electron chi connectivity index (χ1n) is 6.34. The van der Waals surface area contributed by atoms with Crippen molar-refractivity contribution < 1.29 is 5.11 Å². The summed E-state index contributed by atoms with van der Waals surface area (Å²) in [4.78, 5) is 0. The SMILES string of the molecule is Cc1cc(NC[C@@H]2CC=CCC2)n(CCO)n1. The Hall–Kier alpha value is -1.29. The van der Waals surface area contributed by atoms with Gasteiger partial charge in [-0.1, -0.05) is 12.2 Å². The smallest absolute Gasteiger partial charge is 0.124 e. The maximum Gasteiger partial charge on any atom is 0.124 e. The Morgan fingerprint density at radius 3 is 3.12 bits per heavy atom. The van der Waals surface area contributed by atoms with Gasteiger partial charge in [-0.15, -0.1) is 0 Å². The molecular formula is C13H21N3O. The van der Waals surface area contributed by atoms with Crippen LogP contribution in [-0.4, -0.2) is 28.0 Å². The first-order valence-corrected chi connectivity index (χ1v) is 6.34. The van der Waals surface area contributed by atoms with Crippen molar-refractivity contribution in [1.29, 1.82) is 0 Å². The molecular weight excluding hydrogens is 214 g/mol. The molecule has 0 amide bonds. The summed E-state index contributed by atoms with van der Waals surface area (Å²) in [6.45, 7) is 3.64. The van der Waals surface area contributed by atoms with Crippen LogP contribution in [0, 0.1) is 12.8 Å². The van der Waals surface area contributed by atoms with Crippen LogP contribution in [0.2, 0.25) is 0 Å². The lowest BCUT2D eigenvalue weighted by Crippen LogP contribution is -2.18. The van der Waals surface area contributed by atoms with Gasteiger partial charge < -0.3 is 10.4 Å². The van der Waals surface area contributed by atoms with Crippen molar-refractivity contribution in [3.05, 3.63) is 23.9 Å². The van der Waals surface area contributed by atoms with Crippen LogP contribution in [0.15, 0.2) is 18.2 Å². The summed E-state index contributed by atoms with van der Waals surface area (Å²) in [5.41, 5.74) is 0.990. The molecule has 17 heavy (non-hydrogen) atoms. The van der Waals surface area contributed by atoms with Crippen molar-refractivity contribution in [3.63, 3.8) is 0 Å². The molecule has 1 atom stereocenters. The molecule has 1 aliphatic carbocycles. The van der Waals surface area contributed by atoms with Gasteiger partial charge in [0, 0.05) is 12.6 Å². The molecule has 2 N–H and O–H groups in total. The fraction of sp³-hybridized carbons (Fsp3) is 0.615. The third-order valence-electron chi connectivity index (χ3n) is 3.16. The standard InChI is InChI=1S/C13H21N3O/c1-11-9-13(16(15-11)7-8-17)14-10-12-5-3-2-4-6-12/h2-3,9,12,14,17H,4-8,10H2,1H3/t12-/m1/s1. The van der Waals surface area contributed by atoms with Gasteiger partial charge in [-0.3, -0.25) is 0 Å². The highest BCUT2D eigenvalue weighted by molar-refractivity contribution is 5.36.